The largest absolute Gasteiger partial charge is 0.478 e. The Balaban J connectivity index is 2.52. The molecule has 0 aromatic heterocycles. The van der Waals surface area contributed by atoms with Gasteiger partial charge in [0.15, 0.2) is 0 Å². The van der Waals surface area contributed by atoms with Gasteiger partial charge in [0.1, 0.15) is 0 Å². The zero-order valence-corrected chi connectivity index (χ0v) is 10.0. The lowest BCUT2D eigenvalue weighted by Gasteiger charge is -2.09. The third-order valence-corrected chi connectivity index (χ3v) is 2.70. The molecular weight excluding hydrogens is 226 g/mol. The van der Waals surface area contributed by atoms with Crippen molar-refractivity contribution in [2.45, 2.75) is 6.92 Å². The fourth-order valence-corrected chi connectivity index (χ4v) is 1.87. The van der Waals surface area contributed by atoms with Crippen LogP contribution >= 0.6 is 0 Å². The number of carbonyl (C=O) groups is 1. The van der Waals surface area contributed by atoms with Gasteiger partial charge in [-0.15, -0.1) is 5.92 Å². The molecular formula is C15H13NO2. The number of carboxylic acids is 1. The van der Waals surface area contributed by atoms with E-state index in [1.165, 1.54) is 0 Å². The summed E-state index contributed by atoms with van der Waals surface area (Å²) in [4.78, 5) is 11.1. The first-order valence-electron chi connectivity index (χ1n) is 5.62. The molecule has 0 unspecified atom stereocenters. The zero-order valence-electron chi connectivity index (χ0n) is 10.0. The van der Waals surface area contributed by atoms with E-state index >= 15 is 0 Å². The first kappa shape index (κ1) is 12.0. The summed E-state index contributed by atoms with van der Waals surface area (Å²) in [5, 5.41) is 14.0. The van der Waals surface area contributed by atoms with E-state index in [0.717, 1.165) is 16.5 Å². The average molecular weight is 239 g/mol. The number of rotatable bonds is 3. The summed E-state index contributed by atoms with van der Waals surface area (Å²) >= 11 is 0. The van der Waals surface area contributed by atoms with Gasteiger partial charge in [-0.1, -0.05) is 30.2 Å². The Morgan fingerprint density at radius 2 is 1.94 bits per heavy atom. The van der Waals surface area contributed by atoms with Gasteiger partial charge in [-0.2, -0.15) is 0 Å². The van der Waals surface area contributed by atoms with Gasteiger partial charge < -0.3 is 10.4 Å². The van der Waals surface area contributed by atoms with Gasteiger partial charge in [0.05, 0.1) is 12.1 Å². The van der Waals surface area contributed by atoms with Gasteiger partial charge in [-0.25, -0.2) is 4.79 Å². The third-order valence-electron chi connectivity index (χ3n) is 2.70. The van der Waals surface area contributed by atoms with Crippen LogP contribution in [0.2, 0.25) is 0 Å². The highest BCUT2D eigenvalue weighted by Gasteiger charge is 2.10. The summed E-state index contributed by atoms with van der Waals surface area (Å²) in [6, 6.07) is 10.9. The maximum Gasteiger partial charge on any atom is 0.336 e. The van der Waals surface area contributed by atoms with Crippen LogP contribution in [0.3, 0.4) is 0 Å². The molecule has 0 bridgehead atoms. The van der Waals surface area contributed by atoms with Crippen molar-refractivity contribution >= 4 is 22.4 Å². The number of nitrogens with one attached hydrogen (secondary N) is 1. The number of anilines is 1. The van der Waals surface area contributed by atoms with E-state index in [1.54, 1.807) is 19.1 Å². The Labute approximate surface area is 105 Å². The smallest absolute Gasteiger partial charge is 0.336 e. The second-order valence-electron chi connectivity index (χ2n) is 3.79. The van der Waals surface area contributed by atoms with Gasteiger partial charge in [0.25, 0.3) is 0 Å². The van der Waals surface area contributed by atoms with Gasteiger partial charge in [0, 0.05) is 11.1 Å². The normalized spacial score (nSPS) is 9.61. The molecule has 0 saturated carbocycles. The van der Waals surface area contributed by atoms with Crippen molar-refractivity contribution in [2.75, 3.05) is 11.9 Å². The van der Waals surface area contributed by atoms with E-state index in [9.17, 15) is 4.79 Å². The second kappa shape index (κ2) is 5.24. The third kappa shape index (κ3) is 2.28. The number of aromatic carboxylic acids is 1. The summed E-state index contributed by atoms with van der Waals surface area (Å²) in [5.41, 5.74) is 1.22. The summed E-state index contributed by atoms with van der Waals surface area (Å²) in [6.07, 6.45) is 0. The van der Waals surface area contributed by atoms with Gasteiger partial charge in [-0.05, 0) is 24.4 Å². The van der Waals surface area contributed by atoms with Crippen molar-refractivity contribution in [1.29, 1.82) is 0 Å². The first-order valence-corrected chi connectivity index (χ1v) is 5.62. The Morgan fingerprint density at radius 3 is 2.61 bits per heavy atom. The molecule has 0 aliphatic heterocycles. The molecule has 0 saturated heterocycles. The van der Waals surface area contributed by atoms with Crippen LogP contribution in [0.25, 0.3) is 10.8 Å². The zero-order chi connectivity index (χ0) is 13.0. The van der Waals surface area contributed by atoms with E-state index in [4.69, 9.17) is 5.11 Å². The molecule has 0 fully saturated rings. The molecule has 0 radical (unpaired) electrons. The Morgan fingerprint density at radius 1 is 1.22 bits per heavy atom. The highest BCUT2D eigenvalue weighted by molar-refractivity contribution is 6.07. The van der Waals surface area contributed by atoms with E-state index in [-0.39, 0.29) is 0 Å². The standard InChI is InChI=1S/C15H13NO2/c1-2-3-10-16-14-9-8-13(15(17)18)11-6-4-5-7-12(11)14/h4-9,16H,10H2,1H3,(H,17,18). The van der Waals surface area contributed by atoms with Crippen molar-refractivity contribution in [3.8, 4) is 11.8 Å². The van der Waals surface area contributed by atoms with Gasteiger partial charge >= 0.3 is 5.97 Å². The molecule has 0 amide bonds. The number of hydrogen-bond acceptors (Lipinski definition) is 2. The number of benzene rings is 2. The molecule has 0 atom stereocenters. The molecule has 0 aliphatic rings. The number of hydrogen-bond donors (Lipinski definition) is 2. The monoisotopic (exact) mass is 239 g/mol. The van der Waals surface area contributed by atoms with E-state index in [2.05, 4.69) is 17.2 Å². The van der Waals surface area contributed by atoms with Crippen LogP contribution in [0.15, 0.2) is 36.4 Å². The predicted molar refractivity (Wildman–Crippen MR) is 72.8 cm³/mol. The lowest BCUT2D eigenvalue weighted by atomic mass is 10.0. The van der Waals surface area contributed by atoms with Crippen molar-refractivity contribution in [3.63, 3.8) is 0 Å². The molecule has 2 rings (SSSR count). The fourth-order valence-electron chi connectivity index (χ4n) is 1.87. The Kier molecular flexibility index (Phi) is 3.49. The summed E-state index contributed by atoms with van der Waals surface area (Å²) in [5.74, 6) is 4.82. The Hall–Kier alpha value is -2.47. The predicted octanol–water partition coefficient (Wildman–Crippen LogP) is 2.97. The van der Waals surface area contributed by atoms with Crippen LogP contribution in [0, 0.1) is 11.8 Å². The fraction of sp³-hybridized carbons (Fsp3) is 0.133. The quantitative estimate of drug-likeness (QED) is 0.809. The van der Waals surface area contributed by atoms with Crippen molar-refractivity contribution in [2.24, 2.45) is 0 Å². The topological polar surface area (TPSA) is 49.3 Å². The second-order valence-corrected chi connectivity index (χ2v) is 3.79. The van der Waals surface area contributed by atoms with Crippen molar-refractivity contribution < 1.29 is 9.90 Å². The first-order chi connectivity index (χ1) is 8.74. The molecule has 0 aliphatic carbocycles. The Bertz CT molecular complexity index is 650. The minimum absolute atomic E-state index is 0.317. The molecule has 0 spiro atoms. The van der Waals surface area contributed by atoms with Crippen LogP contribution in [0.5, 0.6) is 0 Å². The van der Waals surface area contributed by atoms with Crippen molar-refractivity contribution in [1.82, 2.24) is 0 Å². The minimum atomic E-state index is -0.911. The highest BCUT2D eigenvalue weighted by Crippen LogP contribution is 2.26. The summed E-state index contributed by atoms with van der Waals surface area (Å²) < 4.78 is 0. The number of fused-ring (bicyclic) bond motifs is 1. The van der Waals surface area contributed by atoms with Crippen LogP contribution < -0.4 is 5.32 Å². The minimum Gasteiger partial charge on any atom is -0.478 e. The SMILES string of the molecule is CC#CCNc1ccc(C(=O)O)c2ccccc12. The van der Waals surface area contributed by atoms with Crippen molar-refractivity contribution in [3.05, 3.63) is 42.0 Å². The van der Waals surface area contributed by atoms with E-state index in [1.807, 2.05) is 24.3 Å². The number of carboxylic acid groups (broad SMARTS) is 1. The van der Waals surface area contributed by atoms with Crippen LogP contribution in [0.1, 0.15) is 17.3 Å². The van der Waals surface area contributed by atoms with E-state index < -0.39 is 5.97 Å². The summed E-state index contributed by atoms with van der Waals surface area (Å²) in [7, 11) is 0. The molecule has 2 N–H and O–H groups in total. The van der Waals surface area contributed by atoms with Crippen LogP contribution in [-0.4, -0.2) is 17.6 Å². The molecule has 0 heterocycles. The summed E-state index contributed by atoms with van der Waals surface area (Å²) in [6.45, 7) is 2.33. The molecule has 3 nitrogen and oxygen atoms in total. The molecule has 3 heteroatoms. The highest BCUT2D eigenvalue weighted by atomic mass is 16.4. The molecule has 2 aromatic rings. The molecule has 18 heavy (non-hydrogen) atoms. The maximum absolute atomic E-state index is 11.1. The molecule has 90 valence electrons. The lowest BCUT2D eigenvalue weighted by Crippen LogP contribution is -2.02. The van der Waals surface area contributed by atoms with Gasteiger partial charge in [-0.3, -0.25) is 0 Å². The van der Waals surface area contributed by atoms with Crippen LogP contribution in [-0.2, 0) is 0 Å². The van der Waals surface area contributed by atoms with Gasteiger partial charge in [0.2, 0.25) is 0 Å². The molecule has 2 aromatic carbocycles. The van der Waals surface area contributed by atoms with Crippen LogP contribution in [0.4, 0.5) is 5.69 Å². The average Bonchev–Trinajstić information content (AvgIpc) is 2.38. The van der Waals surface area contributed by atoms with E-state index in [0.29, 0.717) is 12.1 Å². The maximum atomic E-state index is 11.1. The lowest BCUT2D eigenvalue weighted by molar-refractivity contribution is 0.0699.